The molecule has 3 rings (SSSR count). The first kappa shape index (κ1) is 13.7. The zero-order valence-corrected chi connectivity index (χ0v) is 12.3. The summed E-state index contributed by atoms with van der Waals surface area (Å²) in [5.74, 6) is 0.319. The van der Waals surface area contributed by atoms with Crippen LogP contribution in [0.1, 0.15) is 60.3 Å². The Morgan fingerprint density at radius 1 is 1.30 bits per heavy atom. The molecule has 1 spiro atoms. The van der Waals surface area contributed by atoms with Gasteiger partial charge in [-0.15, -0.1) is 0 Å². The summed E-state index contributed by atoms with van der Waals surface area (Å²) in [5, 5.41) is 8.09. The lowest BCUT2D eigenvalue weighted by Crippen LogP contribution is -2.40. The normalized spacial score (nSPS) is 25.0. The van der Waals surface area contributed by atoms with E-state index in [4.69, 9.17) is 4.74 Å². The molecule has 1 aromatic heterocycles. The van der Waals surface area contributed by atoms with Gasteiger partial charge in [-0.25, -0.2) is 0 Å². The molecule has 20 heavy (non-hydrogen) atoms. The van der Waals surface area contributed by atoms with E-state index < -0.39 is 0 Å². The third-order valence-electron chi connectivity index (χ3n) is 4.74. The number of rotatable bonds is 2. The number of hydrogen-bond donors (Lipinski definition) is 0. The topological polar surface area (TPSA) is 52.1 Å². The van der Waals surface area contributed by atoms with Gasteiger partial charge in [-0.05, 0) is 45.6 Å². The van der Waals surface area contributed by atoms with Crippen LogP contribution in [0, 0.1) is 19.8 Å². The largest absolute Gasteiger partial charge is 0.375 e. The molecular weight excluding hydrogens is 252 g/mol. The fraction of sp³-hybridized carbons (Fsp3) is 0.688. The fourth-order valence-corrected chi connectivity index (χ4v) is 3.64. The van der Waals surface area contributed by atoms with Crippen LogP contribution in [0.5, 0.6) is 0 Å². The van der Waals surface area contributed by atoms with Gasteiger partial charge < -0.3 is 4.74 Å². The second kappa shape index (κ2) is 5.24. The Hall–Kier alpha value is -1.29. The van der Waals surface area contributed by atoms with E-state index in [9.17, 15) is 4.79 Å². The molecule has 2 heterocycles. The van der Waals surface area contributed by atoms with Crippen LogP contribution >= 0.6 is 0 Å². The van der Waals surface area contributed by atoms with Crippen molar-refractivity contribution in [1.29, 1.82) is 0 Å². The van der Waals surface area contributed by atoms with Gasteiger partial charge in [0.05, 0.1) is 17.0 Å². The van der Waals surface area contributed by atoms with Gasteiger partial charge in [-0.3, -0.25) is 4.79 Å². The predicted molar refractivity (Wildman–Crippen MR) is 75.7 cm³/mol. The molecule has 1 atom stereocenters. The van der Waals surface area contributed by atoms with Crippen molar-refractivity contribution in [3.63, 3.8) is 0 Å². The van der Waals surface area contributed by atoms with E-state index in [2.05, 4.69) is 10.2 Å². The second-order valence-corrected chi connectivity index (χ2v) is 6.28. The lowest BCUT2D eigenvalue weighted by Gasteiger charge is -2.37. The number of hydrogen-bond acceptors (Lipinski definition) is 4. The first-order valence-electron chi connectivity index (χ1n) is 7.59. The number of Topliss-reactive ketones (excluding diaryl/α,β-unsaturated/α-hetero) is 1. The Labute approximate surface area is 119 Å². The third-order valence-corrected chi connectivity index (χ3v) is 4.74. The van der Waals surface area contributed by atoms with Gasteiger partial charge in [0.25, 0.3) is 0 Å². The Kier molecular flexibility index (Phi) is 3.59. The van der Waals surface area contributed by atoms with Crippen LogP contribution in [0.2, 0.25) is 0 Å². The highest BCUT2D eigenvalue weighted by Gasteiger charge is 2.42. The zero-order valence-electron chi connectivity index (χ0n) is 12.3. The van der Waals surface area contributed by atoms with Crippen LogP contribution in [0.4, 0.5) is 0 Å². The van der Waals surface area contributed by atoms with Crippen molar-refractivity contribution in [3.05, 3.63) is 23.0 Å². The smallest absolute Gasteiger partial charge is 0.168 e. The molecule has 1 saturated heterocycles. The highest BCUT2D eigenvalue weighted by molar-refractivity contribution is 5.98. The summed E-state index contributed by atoms with van der Waals surface area (Å²) in [6, 6.07) is 1.88. The molecule has 1 saturated carbocycles. The first-order chi connectivity index (χ1) is 9.60. The van der Waals surface area contributed by atoms with E-state index in [1.807, 2.05) is 19.9 Å². The molecule has 2 fully saturated rings. The lowest BCUT2D eigenvalue weighted by atomic mass is 9.80. The van der Waals surface area contributed by atoms with Gasteiger partial charge in [-0.2, -0.15) is 10.2 Å². The van der Waals surface area contributed by atoms with Crippen LogP contribution in [-0.2, 0) is 4.74 Å². The van der Waals surface area contributed by atoms with E-state index in [0.717, 1.165) is 42.6 Å². The van der Waals surface area contributed by atoms with Crippen molar-refractivity contribution in [2.45, 2.75) is 58.0 Å². The van der Waals surface area contributed by atoms with Crippen molar-refractivity contribution in [3.8, 4) is 0 Å². The Balaban J connectivity index is 1.81. The minimum absolute atomic E-state index is 0.0119. The number of aromatic nitrogens is 2. The summed E-state index contributed by atoms with van der Waals surface area (Å²) >= 11 is 0. The minimum atomic E-state index is -0.0119. The van der Waals surface area contributed by atoms with Crippen molar-refractivity contribution >= 4 is 5.78 Å². The molecule has 0 bridgehead atoms. The molecule has 0 radical (unpaired) electrons. The Bertz CT molecular complexity index is 521. The number of carbonyl (C=O) groups is 1. The van der Waals surface area contributed by atoms with Gasteiger partial charge in [0, 0.05) is 18.1 Å². The van der Waals surface area contributed by atoms with Crippen molar-refractivity contribution < 1.29 is 9.53 Å². The van der Waals surface area contributed by atoms with E-state index in [0.29, 0.717) is 6.61 Å². The van der Waals surface area contributed by atoms with Crippen molar-refractivity contribution in [1.82, 2.24) is 10.2 Å². The van der Waals surface area contributed by atoms with Crippen molar-refractivity contribution in [2.75, 3.05) is 6.61 Å². The average molecular weight is 274 g/mol. The molecule has 0 N–H and O–H groups in total. The van der Waals surface area contributed by atoms with Crippen LogP contribution in [0.15, 0.2) is 6.07 Å². The zero-order chi connectivity index (χ0) is 14.2. The SMILES string of the molecule is Cc1cc(C(=O)C2CCOC3(CCCC3)C2)c(C)nn1. The Morgan fingerprint density at radius 3 is 2.80 bits per heavy atom. The summed E-state index contributed by atoms with van der Waals surface area (Å²) in [4.78, 5) is 12.8. The predicted octanol–water partition coefficient (Wildman–Crippen LogP) is 3.02. The van der Waals surface area contributed by atoms with Crippen LogP contribution in [-0.4, -0.2) is 28.2 Å². The number of aryl methyl sites for hydroxylation is 2. The molecular formula is C16H22N2O2. The number of carbonyl (C=O) groups excluding carboxylic acids is 1. The standard InChI is InChI=1S/C16H22N2O2/c1-11-9-14(12(2)18-17-11)15(19)13-5-8-20-16(10-13)6-3-4-7-16/h9,13H,3-8,10H2,1-2H3. The van der Waals surface area contributed by atoms with Gasteiger partial charge >= 0.3 is 0 Å². The van der Waals surface area contributed by atoms with Crippen LogP contribution in [0.25, 0.3) is 0 Å². The monoisotopic (exact) mass is 274 g/mol. The molecule has 2 aliphatic rings. The van der Waals surface area contributed by atoms with Crippen molar-refractivity contribution in [2.24, 2.45) is 5.92 Å². The lowest BCUT2D eigenvalue weighted by molar-refractivity contribution is -0.0866. The summed E-state index contributed by atoms with van der Waals surface area (Å²) in [7, 11) is 0. The molecule has 1 aliphatic carbocycles. The maximum atomic E-state index is 12.8. The highest BCUT2D eigenvalue weighted by atomic mass is 16.5. The van der Waals surface area contributed by atoms with Gasteiger partial charge in [0.2, 0.25) is 0 Å². The summed E-state index contributed by atoms with van der Waals surface area (Å²) in [5.41, 5.74) is 2.29. The van der Waals surface area contributed by atoms with Gasteiger partial charge in [0.15, 0.2) is 5.78 Å². The molecule has 1 aromatic rings. The maximum Gasteiger partial charge on any atom is 0.168 e. The van der Waals surface area contributed by atoms with Crippen LogP contribution in [0.3, 0.4) is 0 Å². The molecule has 0 amide bonds. The van der Waals surface area contributed by atoms with E-state index in [-0.39, 0.29) is 17.3 Å². The first-order valence-corrected chi connectivity index (χ1v) is 7.59. The van der Waals surface area contributed by atoms with Gasteiger partial charge in [0.1, 0.15) is 0 Å². The molecule has 0 aromatic carbocycles. The molecule has 4 nitrogen and oxygen atoms in total. The molecule has 108 valence electrons. The van der Waals surface area contributed by atoms with Gasteiger partial charge in [-0.1, -0.05) is 12.8 Å². The molecule has 4 heteroatoms. The van der Waals surface area contributed by atoms with E-state index in [1.54, 1.807) is 0 Å². The van der Waals surface area contributed by atoms with Crippen LogP contribution < -0.4 is 0 Å². The number of nitrogens with zero attached hydrogens (tertiary/aromatic N) is 2. The summed E-state index contributed by atoms with van der Waals surface area (Å²) < 4.78 is 6.02. The van der Waals surface area contributed by atoms with E-state index >= 15 is 0 Å². The third kappa shape index (κ3) is 2.49. The molecule has 1 aliphatic heterocycles. The average Bonchev–Trinajstić information content (AvgIpc) is 2.88. The summed E-state index contributed by atoms with van der Waals surface area (Å²) in [6.45, 7) is 4.46. The Morgan fingerprint density at radius 2 is 2.05 bits per heavy atom. The summed E-state index contributed by atoms with van der Waals surface area (Å²) in [6.07, 6.45) is 6.41. The number of ether oxygens (including phenoxy) is 1. The van der Waals surface area contributed by atoms with E-state index in [1.165, 1.54) is 12.8 Å². The number of ketones is 1. The maximum absolute atomic E-state index is 12.8. The minimum Gasteiger partial charge on any atom is -0.375 e. The quantitative estimate of drug-likeness (QED) is 0.778. The fourth-order valence-electron chi connectivity index (χ4n) is 3.64. The molecule has 1 unspecified atom stereocenters. The highest BCUT2D eigenvalue weighted by Crippen LogP contribution is 2.42. The second-order valence-electron chi connectivity index (χ2n) is 6.28.